The van der Waals surface area contributed by atoms with Crippen molar-refractivity contribution in [2.45, 2.75) is 43.7 Å². The van der Waals surface area contributed by atoms with Crippen LogP contribution in [0.3, 0.4) is 0 Å². The van der Waals surface area contributed by atoms with E-state index in [0.29, 0.717) is 31.7 Å². The minimum absolute atomic E-state index is 0.00673. The van der Waals surface area contributed by atoms with Crippen molar-refractivity contribution < 1.29 is 17.6 Å². The lowest BCUT2D eigenvalue weighted by atomic mass is 9.93. The molecule has 2 aliphatic rings. The standard InChI is InChI=1S/C23H26Cl2FN3O3S/c1-16(30)27-7-9-28(10-8-27)21-6-5-17(23(26)14-21)15-29(20-3-2-4-20)33(31,32)22-12-18(24)11-19(25)13-22/h5-6,11-14,20H,2-4,7-10,15H2,1H3. The van der Waals surface area contributed by atoms with Crippen LogP contribution in [0, 0.1) is 5.82 Å². The maximum Gasteiger partial charge on any atom is 0.243 e. The van der Waals surface area contributed by atoms with Gasteiger partial charge in [0, 0.05) is 67.0 Å². The van der Waals surface area contributed by atoms with Gasteiger partial charge in [0.2, 0.25) is 15.9 Å². The Labute approximate surface area is 203 Å². The number of hydrogen-bond acceptors (Lipinski definition) is 4. The molecular formula is C23H26Cl2FN3O3S. The van der Waals surface area contributed by atoms with Crippen molar-refractivity contribution in [2.75, 3.05) is 31.1 Å². The van der Waals surface area contributed by atoms with E-state index in [-0.39, 0.29) is 33.4 Å². The molecule has 178 valence electrons. The number of nitrogens with zero attached hydrogens (tertiary/aromatic N) is 3. The second kappa shape index (κ2) is 9.78. The van der Waals surface area contributed by atoms with Crippen LogP contribution in [0.1, 0.15) is 31.7 Å². The molecule has 2 fully saturated rings. The molecule has 1 saturated carbocycles. The van der Waals surface area contributed by atoms with Crippen LogP contribution in [-0.4, -0.2) is 55.8 Å². The minimum Gasteiger partial charge on any atom is -0.368 e. The first-order valence-corrected chi connectivity index (χ1v) is 13.1. The van der Waals surface area contributed by atoms with Crippen molar-refractivity contribution in [3.63, 3.8) is 0 Å². The van der Waals surface area contributed by atoms with Gasteiger partial charge in [0.05, 0.1) is 4.90 Å². The molecule has 0 bridgehead atoms. The smallest absolute Gasteiger partial charge is 0.243 e. The highest BCUT2D eigenvalue weighted by Crippen LogP contribution is 2.34. The quantitative estimate of drug-likeness (QED) is 0.568. The van der Waals surface area contributed by atoms with Crippen molar-refractivity contribution in [1.29, 1.82) is 0 Å². The number of sulfonamides is 1. The van der Waals surface area contributed by atoms with Gasteiger partial charge < -0.3 is 9.80 Å². The van der Waals surface area contributed by atoms with Gasteiger partial charge in [-0.05, 0) is 43.2 Å². The van der Waals surface area contributed by atoms with Gasteiger partial charge in [-0.15, -0.1) is 0 Å². The maximum absolute atomic E-state index is 15.1. The van der Waals surface area contributed by atoms with Gasteiger partial charge in [0.25, 0.3) is 0 Å². The SMILES string of the molecule is CC(=O)N1CCN(c2ccc(CN(C3CCC3)S(=O)(=O)c3cc(Cl)cc(Cl)c3)c(F)c2)CC1. The zero-order valence-electron chi connectivity index (χ0n) is 18.3. The predicted molar refractivity (Wildman–Crippen MR) is 128 cm³/mol. The summed E-state index contributed by atoms with van der Waals surface area (Å²) >= 11 is 12.1. The average Bonchev–Trinajstić information content (AvgIpc) is 2.72. The molecule has 33 heavy (non-hydrogen) atoms. The zero-order chi connectivity index (χ0) is 23.8. The molecule has 0 aromatic heterocycles. The van der Waals surface area contributed by atoms with Crippen LogP contribution in [0.25, 0.3) is 0 Å². The lowest BCUT2D eigenvalue weighted by Gasteiger charge is -2.37. The van der Waals surface area contributed by atoms with Crippen LogP contribution in [0.2, 0.25) is 10.0 Å². The summed E-state index contributed by atoms with van der Waals surface area (Å²) in [5, 5.41) is 0.463. The van der Waals surface area contributed by atoms with Crippen molar-refractivity contribution in [3.05, 3.63) is 57.8 Å². The third kappa shape index (κ3) is 5.29. The number of amides is 1. The van der Waals surface area contributed by atoms with E-state index in [1.807, 2.05) is 11.0 Å². The van der Waals surface area contributed by atoms with E-state index >= 15 is 4.39 Å². The summed E-state index contributed by atoms with van der Waals surface area (Å²) < 4.78 is 43.3. The number of carbonyl (C=O) groups is 1. The molecule has 1 heterocycles. The molecular weight excluding hydrogens is 488 g/mol. The maximum atomic E-state index is 15.1. The largest absolute Gasteiger partial charge is 0.368 e. The van der Waals surface area contributed by atoms with Crippen LogP contribution in [0.15, 0.2) is 41.3 Å². The first-order chi connectivity index (χ1) is 15.6. The number of anilines is 1. The molecule has 10 heteroatoms. The summed E-state index contributed by atoms with van der Waals surface area (Å²) in [4.78, 5) is 15.3. The van der Waals surface area contributed by atoms with Crippen LogP contribution < -0.4 is 4.90 Å². The fourth-order valence-electron chi connectivity index (χ4n) is 4.21. The molecule has 1 saturated heterocycles. The number of benzene rings is 2. The van der Waals surface area contributed by atoms with E-state index < -0.39 is 15.8 Å². The van der Waals surface area contributed by atoms with E-state index in [1.54, 1.807) is 17.9 Å². The van der Waals surface area contributed by atoms with Gasteiger partial charge in [0.15, 0.2) is 0 Å². The van der Waals surface area contributed by atoms with Gasteiger partial charge in [-0.2, -0.15) is 4.31 Å². The molecule has 0 radical (unpaired) electrons. The molecule has 0 N–H and O–H groups in total. The fourth-order valence-corrected chi connectivity index (χ4v) is 6.60. The summed E-state index contributed by atoms with van der Waals surface area (Å²) in [6, 6.07) is 8.93. The fraction of sp³-hybridized carbons (Fsp3) is 0.435. The minimum atomic E-state index is -3.92. The highest BCUT2D eigenvalue weighted by atomic mass is 35.5. The van der Waals surface area contributed by atoms with Crippen molar-refractivity contribution in [3.8, 4) is 0 Å². The number of halogens is 3. The summed E-state index contributed by atoms with van der Waals surface area (Å²) in [5.74, 6) is -0.417. The number of carbonyl (C=O) groups excluding carboxylic acids is 1. The molecule has 2 aromatic rings. The normalized spacial score (nSPS) is 17.4. The first kappa shape index (κ1) is 24.3. The molecule has 4 rings (SSSR count). The summed E-state index contributed by atoms with van der Waals surface area (Å²) in [6.07, 6.45) is 2.39. The summed E-state index contributed by atoms with van der Waals surface area (Å²) in [6.45, 7) is 3.90. The third-order valence-electron chi connectivity index (χ3n) is 6.38. The number of hydrogen-bond donors (Lipinski definition) is 0. The van der Waals surface area contributed by atoms with Crippen LogP contribution in [0.5, 0.6) is 0 Å². The highest BCUT2D eigenvalue weighted by molar-refractivity contribution is 7.89. The molecule has 6 nitrogen and oxygen atoms in total. The van der Waals surface area contributed by atoms with Crippen LogP contribution >= 0.6 is 23.2 Å². The molecule has 1 aliphatic heterocycles. The number of piperazine rings is 1. The predicted octanol–water partition coefficient (Wildman–Crippen LogP) is 4.54. The topological polar surface area (TPSA) is 60.9 Å². The Hall–Kier alpha value is -1.87. The summed E-state index contributed by atoms with van der Waals surface area (Å²) in [7, 11) is -3.92. The van der Waals surface area contributed by atoms with Crippen molar-refractivity contribution in [1.82, 2.24) is 9.21 Å². The Kier molecular flexibility index (Phi) is 7.19. The van der Waals surface area contributed by atoms with Gasteiger partial charge >= 0.3 is 0 Å². The lowest BCUT2D eigenvalue weighted by molar-refractivity contribution is -0.129. The Morgan fingerprint density at radius 1 is 1.06 bits per heavy atom. The second-order valence-corrected chi connectivity index (χ2v) is 11.3. The highest BCUT2D eigenvalue weighted by Gasteiger charge is 2.36. The zero-order valence-corrected chi connectivity index (χ0v) is 20.6. The van der Waals surface area contributed by atoms with Gasteiger partial charge in [0.1, 0.15) is 5.82 Å². The van der Waals surface area contributed by atoms with Gasteiger partial charge in [-0.3, -0.25) is 4.79 Å². The van der Waals surface area contributed by atoms with E-state index in [4.69, 9.17) is 23.2 Å². The Morgan fingerprint density at radius 2 is 1.70 bits per heavy atom. The third-order valence-corrected chi connectivity index (χ3v) is 8.69. The van der Waals surface area contributed by atoms with Crippen LogP contribution in [-0.2, 0) is 21.4 Å². The molecule has 1 amide bonds. The Bertz CT molecular complexity index is 1130. The van der Waals surface area contributed by atoms with E-state index in [9.17, 15) is 13.2 Å². The monoisotopic (exact) mass is 513 g/mol. The van der Waals surface area contributed by atoms with Gasteiger partial charge in [-0.1, -0.05) is 35.7 Å². The lowest BCUT2D eigenvalue weighted by Crippen LogP contribution is -2.48. The van der Waals surface area contributed by atoms with Crippen molar-refractivity contribution in [2.24, 2.45) is 0 Å². The molecule has 0 atom stereocenters. The first-order valence-electron chi connectivity index (χ1n) is 10.9. The molecule has 2 aromatic carbocycles. The number of rotatable bonds is 6. The average molecular weight is 514 g/mol. The summed E-state index contributed by atoms with van der Waals surface area (Å²) in [5.41, 5.74) is 1.03. The van der Waals surface area contributed by atoms with E-state index in [1.165, 1.54) is 28.6 Å². The van der Waals surface area contributed by atoms with Gasteiger partial charge in [-0.25, -0.2) is 12.8 Å². The van der Waals surface area contributed by atoms with E-state index in [0.717, 1.165) is 24.9 Å². The molecule has 0 unspecified atom stereocenters. The molecule has 0 spiro atoms. The Balaban J connectivity index is 1.56. The molecule has 1 aliphatic carbocycles. The Morgan fingerprint density at radius 3 is 2.21 bits per heavy atom. The van der Waals surface area contributed by atoms with Crippen molar-refractivity contribution >= 4 is 44.8 Å². The van der Waals surface area contributed by atoms with Crippen LogP contribution in [0.4, 0.5) is 10.1 Å². The second-order valence-electron chi connectivity index (χ2n) is 8.51. The van der Waals surface area contributed by atoms with E-state index in [2.05, 4.69) is 0 Å².